The zero-order chi connectivity index (χ0) is 10.1. The Hall–Kier alpha value is -0.950. The summed E-state index contributed by atoms with van der Waals surface area (Å²) in [6, 6.07) is 8.81. The number of hydrogen-bond donors (Lipinski definition) is 0. The Balaban J connectivity index is 2.01. The van der Waals surface area contributed by atoms with Gasteiger partial charge in [-0.2, -0.15) is 0 Å². The lowest BCUT2D eigenvalue weighted by molar-refractivity contribution is 0.833. The highest BCUT2D eigenvalue weighted by Crippen LogP contribution is 2.40. The Morgan fingerprint density at radius 3 is 2.93 bits per heavy atom. The molecule has 1 aliphatic carbocycles. The Morgan fingerprint density at radius 2 is 1.93 bits per heavy atom. The van der Waals surface area contributed by atoms with E-state index in [1.807, 2.05) is 11.8 Å². The average molecular weight is 214 g/mol. The molecule has 1 aromatic rings. The molecule has 0 atom stereocenters. The van der Waals surface area contributed by atoms with Gasteiger partial charge >= 0.3 is 0 Å². The predicted molar refractivity (Wildman–Crippen MR) is 66.0 cm³/mol. The fourth-order valence-corrected chi connectivity index (χ4v) is 3.45. The minimum Gasteiger partial charge on any atom is -0.0899 e. The Kier molecular flexibility index (Phi) is 2.41. The maximum atomic E-state index is 2.31. The van der Waals surface area contributed by atoms with E-state index >= 15 is 0 Å². The molecule has 0 aromatic heterocycles. The van der Waals surface area contributed by atoms with E-state index < -0.39 is 0 Å². The standard InChI is InChI=1S/C14H14S/c1-3-7-13-11(5-1)9-10-12-6-2-4-8-14(12)15-13/h1,3-5,7-8H,2,6,9-10H2. The lowest BCUT2D eigenvalue weighted by atomic mass is 9.98. The van der Waals surface area contributed by atoms with E-state index in [0.29, 0.717) is 0 Å². The van der Waals surface area contributed by atoms with Crippen molar-refractivity contribution < 1.29 is 0 Å². The van der Waals surface area contributed by atoms with Gasteiger partial charge in [0.05, 0.1) is 0 Å². The lowest BCUT2D eigenvalue weighted by Crippen LogP contribution is -1.92. The molecule has 2 aliphatic rings. The number of benzene rings is 1. The van der Waals surface area contributed by atoms with Crippen molar-refractivity contribution in [3.63, 3.8) is 0 Å². The molecule has 0 radical (unpaired) electrons. The summed E-state index contributed by atoms with van der Waals surface area (Å²) in [4.78, 5) is 2.96. The van der Waals surface area contributed by atoms with Gasteiger partial charge < -0.3 is 0 Å². The third-order valence-electron chi connectivity index (χ3n) is 3.12. The molecule has 1 aromatic carbocycles. The molecule has 0 nitrogen and oxygen atoms in total. The molecule has 0 amide bonds. The van der Waals surface area contributed by atoms with E-state index in [1.54, 1.807) is 5.57 Å². The first kappa shape index (κ1) is 9.29. The molecule has 1 aliphatic heterocycles. The maximum absolute atomic E-state index is 2.31. The van der Waals surface area contributed by atoms with Crippen LogP contribution in [0.3, 0.4) is 0 Å². The second-order valence-electron chi connectivity index (χ2n) is 4.12. The fourth-order valence-electron chi connectivity index (χ4n) is 2.26. The molecule has 15 heavy (non-hydrogen) atoms. The quantitative estimate of drug-likeness (QED) is 0.619. The van der Waals surface area contributed by atoms with Crippen LogP contribution in [0.15, 0.2) is 51.8 Å². The van der Waals surface area contributed by atoms with Crippen LogP contribution in [0.25, 0.3) is 0 Å². The highest BCUT2D eigenvalue weighted by Gasteiger charge is 2.15. The zero-order valence-corrected chi connectivity index (χ0v) is 9.52. The molecule has 0 saturated carbocycles. The van der Waals surface area contributed by atoms with E-state index in [9.17, 15) is 0 Å². The lowest BCUT2D eigenvalue weighted by Gasteiger charge is -2.11. The van der Waals surface area contributed by atoms with Crippen molar-refractivity contribution in [1.82, 2.24) is 0 Å². The second kappa shape index (κ2) is 3.90. The van der Waals surface area contributed by atoms with Crippen LogP contribution < -0.4 is 0 Å². The Labute approximate surface area is 95.1 Å². The highest BCUT2D eigenvalue weighted by molar-refractivity contribution is 8.03. The van der Waals surface area contributed by atoms with Gasteiger partial charge in [-0.25, -0.2) is 0 Å². The summed E-state index contributed by atoms with van der Waals surface area (Å²) in [5.41, 5.74) is 3.18. The molecule has 1 heterocycles. The number of hydrogen-bond acceptors (Lipinski definition) is 1. The number of fused-ring (bicyclic) bond motifs is 1. The first-order valence-corrected chi connectivity index (χ1v) is 6.39. The monoisotopic (exact) mass is 214 g/mol. The molecule has 0 fully saturated rings. The van der Waals surface area contributed by atoms with Gasteiger partial charge in [-0.15, -0.1) is 0 Å². The number of aryl methyl sites for hydroxylation is 1. The van der Waals surface area contributed by atoms with Gasteiger partial charge in [0.25, 0.3) is 0 Å². The van der Waals surface area contributed by atoms with Crippen molar-refractivity contribution in [2.24, 2.45) is 0 Å². The van der Waals surface area contributed by atoms with Gasteiger partial charge in [-0.1, -0.05) is 47.7 Å². The van der Waals surface area contributed by atoms with Crippen LogP contribution in [-0.4, -0.2) is 0 Å². The van der Waals surface area contributed by atoms with Crippen LogP contribution in [0.1, 0.15) is 24.8 Å². The zero-order valence-electron chi connectivity index (χ0n) is 8.70. The smallest absolute Gasteiger partial charge is 0.0154 e. The summed E-state index contributed by atoms with van der Waals surface area (Å²) in [5.74, 6) is 0. The summed E-state index contributed by atoms with van der Waals surface area (Å²) in [5, 5.41) is 0. The SMILES string of the molecule is C1=CC2=C(CC1)CCc1ccccc1S2. The molecule has 0 N–H and O–H groups in total. The van der Waals surface area contributed by atoms with Crippen LogP contribution in [0.4, 0.5) is 0 Å². The Morgan fingerprint density at radius 1 is 1.00 bits per heavy atom. The molecule has 76 valence electrons. The van der Waals surface area contributed by atoms with Gasteiger partial charge in [0, 0.05) is 9.80 Å². The average Bonchev–Trinajstić information content (AvgIpc) is 2.48. The van der Waals surface area contributed by atoms with Crippen LogP contribution in [0.5, 0.6) is 0 Å². The third kappa shape index (κ3) is 1.76. The van der Waals surface area contributed by atoms with Crippen molar-refractivity contribution in [3.05, 3.63) is 52.5 Å². The minimum absolute atomic E-state index is 1.22. The van der Waals surface area contributed by atoms with Gasteiger partial charge in [-0.05, 0) is 37.3 Å². The topological polar surface area (TPSA) is 0 Å². The van der Waals surface area contributed by atoms with Crippen molar-refractivity contribution in [3.8, 4) is 0 Å². The molecule has 0 spiro atoms. The van der Waals surface area contributed by atoms with Gasteiger partial charge in [-0.3, -0.25) is 0 Å². The van der Waals surface area contributed by atoms with Gasteiger partial charge in [0.15, 0.2) is 0 Å². The van der Waals surface area contributed by atoms with Crippen LogP contribution in [-0.2, 0) is 6.42 Å². The molecule has 1 heteroatoms. The second-order valence-corrected chi connectivity index (χ2v) is 5.20. The predicted octanol–water partition coefficient (Wildman–Crippen LogP) is 4.33. The van der Waals surface area contributed by atoms with Crippen molar-refractivity contribution in [1.29, 1.82) is 0 Å². The summed E-state index contributed by atoms with van der Waals surface area (Å²) >= 11 is 1.95. The summed E-state index contributed by atoms with van der Waals surface area (Å²) in [6.07, 6.45) is 9.59. The van der Waals surface area contributed by atoms with Gasteiger partial charge in [0.1, 0.15) is 0 Å². The molecule has 0 saturated heterocycles. The van der Waals surface area contributed by atoms with E-state index in [1.165, 1.54) is 41.0 Å². The normalized spacial score (nSPS) is 19.5. The van der Waals surface area contributed by atoms with E-state index in [0.717, 1.165) is 0 Å². The van der Waals surface area contributed by atoms with Crippen molar-refractivity contribution >= 4 is 11.8 Å². The molecule has 3 rings (SSSR count). The molecule has 0 unspecified atom stereocenters. The van der Waals surface area contributed by atoms with Crippen LogP contribution in [0, 0.1) is 0 Å². The molecular weight excluding hydrogens is 200 g/mol. The number of rotatable bonds is 0. The minimum atomic E-state index is 1.22. The molecule has 0 bridgehead atoms. The van der Waals surface area contributed by atoms with Crippen molar-refractivity contribution in [2.75, 3.05) is 0 Å². The highest BCUT2D eigenvalue weighted by atomic mass is 32.2. The van der Waals surface area contributed by atoms with E-state index in [4.69, 9.17) is 0 Å². The maximum Gasteiger partial charge on any atom is 0.0154 e. The van der Waals surface area contributed by atoms with Crippen LogP contribution >= 0.6 is 11.8 Å². The summed E-state index contributed by atoms with van der Waals surface area (Å²) in [7, 11) is 0. The third-order valence-corrected chi connectivity index (χ3v) is 4.38. The number of thioether (sulfide) groups is 1. The fraction of sp³-hybridized carbons (Fsp3) is 0.286. The largest absolute Gasteiger partial charge is 0.0899 e. The van der Waals surface area contributed by atoms with E-state index in [-0.39, 0.29) is 0 Å². The first-order chi connectivity index (χ1) is 7.43. The molecular formula is C14H14S. The van der Waals surface area contributed by atoms with Gasteiger partial charge in [0.2, 0.25) is 0 Å². The first-order valence-electron chi connectivity index (χ1n) is 5.58. The Bertz CT molecular complexity index is 440. The van der Waals surface area contributed by atoms with E-state index in [2.05, 4.69) is 36.4 Å². The van der Waals surface area contributed by atoms with Crippen LogP contribution in [0.2, 0.25) is 0 Å². The van der Waals surface area contributed by atoms with Crippen molar-refractivity contribution in [2.45, 2.75) is 30.6 Å². The number of allylic oxidation sites excluding steroid dienone is 3. The summed E-state index contributed by atoms with van der Waals surface area (Å²) in [6.45, 7) is 0. The summed E-state index contributed by atoms with van der Waals surface area (Å²) < 4.78 is 0.